The van der Waals surface area contributed by atoms with Crippen molar-refractivity contribution in [3.8, 4) is 0 Å². The minimum absolute atomic E-state index is 0.0140. The van der Waals surface area contributed by atoms with Gasteiger partial charge in [0.1, 0.15) is 13.2 Å². The molecule has 2 aromatic rings. The first kappa shape index (κ1) is 20.6. The van der Waals surface area contributed by atoms with Gasteiger partial charge in [-0.25, -0.2) is 9.59 Å². The highest BCUT2D eigenvalue weighted by Crippen LogP contribution is 2.25. The lowest BCUT2D eigenvalue weighted by Crippen LogP contribution is -2.12. The third-order valence-corrected chi connectivity index (χ3v) is 3.59. The maximum atomic E-state index is 11.7. The van der Waals surface area contributed by atoms with Gasteiger partial charge in [0, 0.05) is 23.0 Å². The van der Waals surface area contributed by atoms with Crippen LogP contribution in [0.4, 0.5) is 22.7 Å². The third-order valence-electron chi connectivity index (χ3n) is 3.59. The van der Waals surface area contributed by atoms with Crippen molar-refractivity contribution in [2.75, 3.05) is 30.0 Å². The van der Waals surface area contributed by atoms with E-state index in [2.05, 4.69) is 11.9 Å². The molecule has 0 aliphatic carbocycles. The van der Waals surface area contributed by atoms with E-state index in [0.717, 1.165) is 16.9 Å². The molecule has 0 amide bonds. The molecule has 2 rings (SSSR count). The summed E-state index contributed by atoms with van der Waals surface area (Å²) >= 11 is 0. The summed E-state index contributed by atoms with van der Waals surface area (Å²) in [6.45, 7) is 4.97. The molecule has 0 bridgehead atoms. The largest absolute Gasteiger partial charge is 0.459 e. The van der Waals surface area contributed by atoms with Crippen LogP contribution in [-0.2, 0) is 19.1 Å². The van der Waals surface area contributed by atoms with Gasteiger partial charge in [-0.2, -0.15) is 0 Å². The fraction of sp³-hybridized carbons (Fsp3) is 0.143. The first-order valence-corrected chi connectivity index (χ1v) is 8.54. The molecule has 0 aromatic heterocycles. The second kappa shape index (κ2) is 9.82. The number of hydrogen-bond donors (Lipinski definition) is 3. The smallest absolute Gasteiger partial charge is 0.333 e. The average molecular weight is 381 g/mol. The predicted octanol–water partition coefficient (Wildman–Crippen LogP) is 3.27. The van der Waals surface area contributed by atoms with E-state index in [1.807, 2.05) is 30.3 Å². The number of benzene rings is 2. The van der Waals surface area contributed by atoms with E-state index < -0.39 is 11.9 Å². The number of rotatable bonds is 8. The van der Waals surface area contributed by atoms with Crippen molar-refractivity contribution < 1.29 is 19.1 Å². The fourth-order valence-corrected chi connectivity index (χ4v) is 2.14. The van der Waals surface area contributed by atoms with Crippen LogP contribution >= 0.6 is 0 Å². The summed E-state index contributed by atoms with van der Waals surface area (Å²) in [5.41, 5.74) is 15.5. The van der Waals surface area contributed by atoms with E-state index in [-0.39, 0.29) is 13.2 Å². The van der Waals surface area contributed by atoms with E-state index in [0.29, 0.717) is 16.9 Å². The van der Waals surface area contributed by atoms with Crippen LogP contribution in [0.1, 0.15) is 12.5 Å². The molecule has 0 saturated carbocycles. The molecule has 0 saturated heterocycles. The number of nitrogens with one attached hydrogen (secondary N) is 1. The molecular formula is C21H23N3O4. The Morgan fingerprint density at radius 2 is 1.75 bits per heavy atom. The second-order valence-electron chi connectivity index (χ2n) is 6.01. The summed E-state index contributed by atoms with van der Waals surface area (Å²) in [5, 5.41) is 3.20. The van der Waals surface area contributed by atoms with Gasteiger partial charge in [0.05, 0.1) is 11.4 Å². The lowest BCUT2D eigenvalue weighted by atomic mass is 10.2. The molecule has 146 valence electrons. The van der Waals surface area contributed by atoms with E-state index in [4.69, 9.17) is 20.9 Å². The molecular weight excluding hydrogens is 358 g/mol. The normalized spacial score (nSPS) is 10.5. The summed E-state index contributed by atoms with van der Waals surface area (Å²) in [6, 6.07) is 12.7. The van der Waals surface area contributed by atoms with Crippen LogP contribution in [0.3, 0.4) is 0 Å². The third kappa shape index (κ3) is 6.53. The topological polar surface area (TPSA) is 117 Å². The molecule has 0 heterocycles. The first-order valence-electron chi connectivity index (χ1n) is 8.54. The van der Waals surface area contributed by atoms with Gasteiger partial charge in [-0.3, -0.25) is 0 Å². The zero-order chi connectivity index (χ0) is 20.5. The van der Waals surface area contributed by atoms with Crippen LogP contribution in [0, 0.1) is 0 Å². The Bertz CT molecular complexity index is 889. The van der Waals surface area contributed by atoms with Crippen LogP contribution in [0.25, 0.3) is 6.08 Å². The number of hydrogen-bond acceptors (Lipinski definition) is 7. The van der Waals surface area contributed by atoms with E-state index >= 15 is 0 Å². The number of nitrogen functional groups attached to an aromatic ring is 2. The van der Waals surface area contributed by atoms with E-state index in [1.54, 1.807) is 25.1 Å². The number of carbonyl (C=O) groups is 2. The van der Waals surface area contributed by atoms with Crippen molar-refractivity contribution in [1.82, 2.24) is 0 Å². The van der Waals surface area contributed by atoms with Gasteiger partial charge < -0.3 is 26.3 Å². The molecule has 2 aromatic carbocycles. The molecule has 5 N–H and O–H groups in total. The number of anilines is 4. The SMILES string of the molecule is C=C(C)C(=O)OCCOC(=O)/C=C/c1ccc(Nc2ccc(N)cc2N)cc1. The summed E-state index contributed by atoms with van der Waals surface area (Å²) in [5.74, 6) is -1.04. The number of ether oxygens (including phenoxy) is 2. The van der Waals surface area contributed by atoms with Crippen LogP contribution in [0.5, 0.6) is 0 Å². The van der Waals surface area contributed by atoms with Crippen LogP contribution in [-0.4, -0.2) is 25.2 Å². The van der Waals surface area contributed by atoms with Crippen molar-refractivity contribution in [2.24, 2.45) is 0 Å². The monoisotopic (exact) mass is 381 g/mol. The highest BCUT2D eigenvalue weighted by atomic mass is 16.6. The highest BCUT2D eigenvalue weighted by molar-refractivity contribution is 5.88. The van der Waals surface area contributed by atoms with Crippen molar-refractivity contribution in [1.29, 1.82) is 0 Å². The molecule has 0 radical (unpaired) electrons. The standard InChI is InChI=1S/C21H23N3O4/c1-14(2)21(26)28-12-11-27-20(25)10-5-15-3-7-17(8-4-15)24-19-9-6-16(22)13-18(19)23/h3-10,13,24H,1,11-12,22-23H2,2H3/b10-5+. The minimum atomic E-state index is -0.525. The number of nitrogens with two attached hydrogens (primary N) is 2. The fourth-order valence-electron chi connectivity index (χ4n) is 2.14. The van der Waals surface area contributed by atoms with E-state index in [1.165, 1.54) is 6.08 Å². The van der Waals surface area contributed by atoms with Gasteiger partial charge in [-0.15, -0.1) is 0 Å². The maximum Gasteiger partial charge on any atom is 0.333 e. The van der Waals surface area contributed by atoms with Gasteiger partial charge in [0.15, 0.2) is 0 Å². The molecule has 0 spiro atoms. The summed E-state index contributed by atoms with van der Waals surface area (Å²) in [6.07, 6.45) is 2.94. The quantitative estimate of drug-likeness (QED) is 0.278. The molecule has 28 heavy (non-hydrogen) atoms. The Kier molecular flexibility index (Phi) is 7.21. The molecule has 0 atom stereocenters. The Morgan fingerprint density at radius 3 is 2.39 bits per heavy atom. The van der Waals surface area contributed by atoms with Crippen molar-refractivity contribution in [2.45, 2.75) is 6.92 Å². The number of carbonyl (C=O) groups excluding carboxylic acids is 2. The van der Waals surface area contributed by atoms with Crippen molar-refractivity contribution >= 4 is 40.8 Å². The van der Waals surface area contributed by atoms with Crippen molar-refractivity contribution in [3.63, 3.8) is 0 Å². The zero-order valence-corrected chi connectivity index (χ0v) is 15.6. The first-order chi connectivity index (χ1) is 13.3. The molecule has 7 heteroatoms. The minimum Gasteiger partial charge on any atom is -0.459 e. The Hall–Kier alpha value is -3.74. The lowest BCUT2D eigenvalue weighted by molar-refractivity contribution is -0.146. The molecule has 0 unspecified atom stereocenters. The second-order valence-corrected chi connectivity index (χ2v) is 6.01. The van der Waals surface area contributed by atoms with Gasteiger partial charge in [0.25, 0.3) is 0 Å². The van der Waals surface area contributed by atoms with Gasteiger partial charge in [-0.1, -0.05) is 18.7 Å². The Balaban J connectivity index is 1.82. The summed E-state index contributed by atoms with van der Waals surface area (Å²) in [7, 11) is 0. The molecule has 0 fully saturated rings. The number of esters is 2. The van der Waals surface area contributed by atoms with Gasteiger partial charge in [-0.05, 0) is 48.9 Å². The summed E-state index contributed by atoms with van der Waals surface area (Å²) in [4.78, 5) is 22.8. The average Bonchev–Trinajstić information content (AvgIpc) is 2.66. The molecule has 7 nitrogen and oxygen atoms in total. The lowest BCUT2D eigenvalue weighted by Gasteiger charge is -2.10. The van der Waals surface area contributed by atoms with Crippen molar-refractivity contribution in [3.05, 3.63) is 66.3 Å². The van der Waals surface area contributed by atoms with E-state index in [9.17, 15) is 9.59 Å². The maximum absolute atomic E-state index is 11.7. The van der Waals surface area contributed by atoms with Crippen LogP contribution < -0.4 is 16.8 Å². The predicted molar refractivity (Wildman–Crippen MR) is 111 cm³/mol. The van der Waals surface area contributed by atoms with Gasteiger partial charge in [0.2, 0.25) is 0 Å². The summed E-state index contributed by atoms with van der Waals surface area (Å²) < 4.78 is 9.78. The Labute approximate surface area is 163 Å². The Morgan fingerprint density at radius 1 is 1.07 bits per heavy atom. The van der Waals surface area contributed by atoms with Gasteiger partial charge >= 0.3 is 11.9 Å². The molecule has 0 aliphatic heterocycles. The molecule has 0 aliphatic rings. The zero-order valence-electron chi connectivity index (χ0n) is 15.6. The van der Waals surface area contributed by atoms with Crippen LogP contribution in [0.2, 0.25) is 0 Å². The van der Waals surface area contributed by atoms with Crippen LogP contribution in [0.15, 0.2) is 60.7 Å². The highest BCUT2D eigenvalue weighted by Gasteiger charge is 2.04.